The Hall–Kier alpha value is -0.410. The summed E-state index contributed by atoms with van der Waals surface area (Å²) in [7, 11) is 0. The van der Waals surface area contributed by atoms with E-state index >= 15 is 0 Å². The molecule has 2 rings (SSSR count). The number of hydrogen-bond acceptors (Lipinski definition) is 3. The number of hydrogen-bond donors (Lipinski definition) is 1. The minimum absolute atomic E-state index is 0.460. The number of nitrogens with two attached hydrogens (primary N) is 1. The van der Waals surface area contributed by atoms with E-state index in [1.165, 1.54) is 32.2 Å². The van der Waals surface area contributed by atoms with E-state index in [2.05, 4.69) is 16.6 Å². The first-order chi connectivity index (χ1) is 6.81. The van der Waals surface area contributed by atoms with Crippen molar-refractivity contribution in [2.24, 2.45) is 10.7 Å². The Bertz CT molecular complexity index is 191. The average Bonchev–Trinajstić information content (AvgIpc) is 2.42. The number of piperidine rings is 1. The van der Waals surface area contributed by atoms with Gasteiger partial charge in [-0.3, -0.25) is 4.90 Å². The molecule has 2 bridgehead atoms. The minimum atomic E-state index is 0.460. The molecule has 2 aliphatic rings. The minimum Gasteiger partial charge on any atom is -0.328 e. The maximum atomic E-state index is 6.02. The molecular formula is C11H21N3. The molecular weight excluding hydrogens is 174 g/mol. The molecule has 3 atom stereocenters. The Morgan fingerprint density at radius 3 is 2.50 bits per heavy atom. The molecule has 2 saturated heterocycles. The molecule has 0 spiro atoms. The molecule has 1 unspecified atom stereocenters. The van der Waals surface area contributed by atoms with Crippen molar-refractivity contribution in [3.8, 4) is 0 Å². The quantitative estimate of drug-likeness (QED) is 0.538. The average molecular weight is 195 g/mol. The van der Waals surface area contributed by atoms with Crippen LogP contribution < -0.4 is 5.73 Å². The lowest BCUT2D eigenvalue weighted by molar-refractivity contribution is 0.127. The first kappa shape index (κ1) is 10.1. The summed E-state index contributed by atoms with van der Waals surface area (Å²) in [5.74, 6) is 0. The fraction of sp³-hybridized carbons (Fsp3) is 0.909. The van der Waals surface area contributed by atoms with Gasteiger partial charge in [-0.15, -0.1) is 0 Å². The molecule has 0 aromatic rings. The second-order valence-corrected chi connectivity index (χ2v) is 4.66. The lowest BCUT2D eigenvalue weighted by Gasteiger charge is -2.37. The van der Waals surface area contributed by atoms with Crippen LogP contribution in [0.25, 0.3) is 0 Å². The van der Waals surface area contributed by atoms with Crippen molar-refractivity contribution in [3.63, 3.8) is 0 Å². The van der Waals surface area contributed by atoms with Gasteiger partial charge in [-0.1, -0.05) is 0 Å². The Morgan fingerprint density at radius 1 is 1.29 bits per heavy atom. The van der Waals surface area contributed by atoms with Crippen LogP contribution in [0.2, 0.25) is 0 Å². The highest BCUT2D eigenvalue weighted by Crippen LogP contribution is 2.34. The van der Waals surface area contributed by atoms with Gasteiger partial charge in [0.1, 0.15) is 0 Å². The van der Waals surface area contributed by atoms with Gasteiger partial charge in [-0.25, -0.2) is 0 Å². The van der Waals surface area contributed by atoms with Crippen molar-refractivity contribution in [2.75, 3.05) is 13.1 Å². The van der Waals surface area contributed by atoms with Gasteiger partial charge in [-0.05, 0) is 38.8 Å². The van der Waals surface area contributed by atoms with E-state index in [0.29, 0.717) is 6.04 Å². The highest BCUT2D eigenvalue weighted by molar-refractivity contribution is 5.23. The van der Waals surface area contributed by atoms with E-state index in [9.17, 15) is 0 Å². The van der Waals surface area contributed by atoms with E-state index in [1.54, 1.807) is 0 Å². The highest BCUT2D eigenvalue weighted by atomic mass is 15.2. The standard InChI is InChI=1S/C11H21N3/c1-13-5-2-6-14-10-3-4-11(14)8-9(12)7-10/h9-11H,1-8,12H2/t9?,10-,11+. The summed E-state index contributed by atoms with van der Waals surface area (Å²) >= 11 is 0. The summed E-state index contributed by atoms with van der Waals surface area (Å²) in [5, 5.41) is 0. The van der Waals surface area contributed by atoms with Crippen LogP contribution in [0.1, 0.15) is 32.1 Å². The van der Waals surface area contributed by atoms with Crippen LogP contribution in [0.15, 0.2) is 4.99 Å². The van der Waals surface area contributed by atoms with E-state index in [1.807, 2.05) is 0 Å². The lowest BCUT2D eigenvalue weighted by atomic mass is 9.98. The van der Waals surface area contributed by atoms with Gasteiger partial charge in [0.05, 0.1) is 0 Å². The van der Waals surface area contributed by atoms with Crippen LogP contribution in [0.3, 0.4) is 0 Å². The van der Waals surface area contributed by atoms with Crippen molar-refractivity contribution in [1.29, 1.82) is 0 Å². The summed E-state index contributed by atoms with van der Waals surface area (Å²) in [6, 6.07) is 2.00. The molecule has 2 fully saturated rings. The largest absolute Gasteiger partial charge is 0.328 e. The second kappa shape index (κ2) is 4.41. The molecule has 0 amide bonds. The van der Waals surface area contributed by atoms with Crippen molar-refractivity contribution in [2.45, 2.75) is 50.2 Å². The molecule has 14 heavy (non-hydrogen) atoms. The van der Waals surface area contributed by atoms with E-state index in [4.69, 9.17) is 5.73 Å². The second-order valence-electron chi connectivity index (χ2n) is 4.66. The van der Waals surface area contributed by atoms with Gasteiger partial charge in [0, 0.05) is 31.2 Å². The summed E-state index contributed by atoms with van der Waals surface area (Å²) < 4.78 is 0. The van der Waals surface area contributed by atoms with Gasteiger partial charge >= 0.3 is 0 Å². The monoisotopic (exact) mass is 195 g/mol. The SMILES string of the molecule is C=NCCCN1[C@@H]2CC[C@H]1CC(N)C2. The number of aliphatic imine (C=N–C) groups is 1. The van der Waals surface area contributed by atoms with Crippen LogP contribution >= 0.6 is 0 Å². The van der Waals surface area contributed by atoms with E-state index in [-0.39, 0.29) is 0 Å². The first-order valence-corrected chi connectivity index (χ1v) is 5.75. The van der Waals surface area contributed by atoms with Gasteiger partial charge in [-0.2, -0.15) is 0 Å². The molecule has 0 saturated carbocycles. The predicted octanol–water partition coefficient (Wildman–Crippen LogP) is 1.03. The maximum Gasteiger partial charge on any atom is 0.0394 e. The van der Waals surface area contributed by atoms with Crippen LogP contribution in [-0.2, 0) is 0 Å². The zero-order chi connectivity index (χ0) is 9.97. The number of rotatable bonds is 4. The van der Waals surface area contributed by atoms with E-state index < -0.39 is 0 Å². The van der Waals surface area contributed by atoms with Gasteiger partial charge in [0.2, 0.25) is 0 Å². The third-order valence-corrected chi connectivity index (χ3v) is 3.65. The number of fused-ring (bicyclic) bond motifs is 2. The molecule has 0 radical (unpaired) electrons. The molecule has 2 N–H and O–H groups in total. The first-order valence-electron chi connectivity index (χ1n) is 5.75. The summed E-state index contributed by atoms with van der Waals surface area (Å²) in [4.78, 5) is 6.57. The number of nitrogens with zero attached hydrogens (tertiary/aromatic N) is 2. The summed E-state index contributed by atoms with van der Waals surface area (Å²) in [5.41, 5.74) is 6.02. The van der Waals surface area contributed by atoms with E-state index in [0.717, 1.165) is 25.0 Å². The molecule has 0 aliphatic carbocycles. The summed E-state index contributed by atoms with van der Waals surface area (Å²) in [6.07, 6.45) is 6.29. The normalized spacial score (nSPS) is 37.4. The molecule has 3 heteroatoms. The molecule has 0 aromatic heterocycles. The van der Waals surface area contributed by atoms with Crippen molar-refractivity contribution in [3.05, 3.63) is 0 Å². The highest BCUT2D eigenvalue weighted by Gasteiger charge is 2.38. The maximum absolute atomic E-state index is 6.02. The Balaban J connectivity index is 1.84. The Morgan fingerprint density at radius 2 is 1.93 bits per heavy atom. The molecule has 2 heterocycles. The fourth-order valence-electron chi connectivity index (χ4n) is 3.05. The predicted molar refractivity (Wildman–Crippen MR) is 59.8 cm³/mol. The van der Waals surface area contributed by atoms with Crippen LogP contribution in [-0.4, -0.2) is 42.8 Å². The molecule has 0 aromatic carbocycles. The zero-order valence-electron chi connectivity index (χ0n) is 8.86. The van der Waals surface area contributed by atoms with Gasteiger partial charge < -0.3 is 10.7 Å². The van der Waals surface area contributed by atoms with Crippen molar-refractivity contribution < 1.29 is 0 Å². The third kappa shape index (κ3) is 1.98. The third-order valence-electron chi connectivity index (χ3n) is 3.65. The van der Waals surface area contributed by atoms with Crippen molar-refractivity contribution in [1.82, 2.24) is 4.90 Å². The van der Waals surface area contributed by atoms with Crippen LogP contribution in [0.4, 0.5) is 0 Å². The van der Waals surface area contributed by atoms with Crippen LogP contribution in [0.5, 0.6) is 0 Å². The molecule has 80 valence electrons. The Kier molecular flexibility index (Phi) is 3.19. The molecule has 3 nitrogen and oxygen atoms in total. The fourth-order valence-corrected chi connectivity index (χ4v) is 3.05. The summed E-state index contributed by atoms with van der Waals surface area (Å²) in [6.45, 7) is 5.62. The Labute approximate surface area is 86.4 Å². The topological polar surface area (TPSA) is 41.6 Å². The van der Waals surface area contributed by atoms with Gasteiger partial charge in [0.15, 0.2) is 0 Å². The van der Waals surface area contributed by atoms with Crippen LogP contribution in [0, 0.1) is 0 Å². The van der Waals surface area contributed by atoms with Gasteiger partial charge in [0.25, 0.3) is 0 Å². The zero-order valence-corrected chi connectivity index (χ0v) is 8.86. The van der Waals surface area contributed by atoms with Crippen molar-refractivity contribution >= 4 is 6.72 Å². The molecule has 2 aliphatic heterocycles. The smallest absolute Gasteiger partial charge is 0.0394 e. The lowest BCUT2D eigenvalue weighted by Crippen LogP contribution is -2.47.